The number of rotatable bonds is 3. The van der Waals surface area contributed by atoms with Crippen LogP contribution in [0.4, 0.5) is 18.9 Å². The van der Waals surface area contributed by atoms with E-state index >= 15 is 0 Å². The minimum absolute atomic E-state index is 0.102. The van der Waals surface area contributed by atoms with E-state index in [9.17, 15) is 13.2 Å². The molecule has 86 valence electrons. The quantitative estimate of drug-likeness (QED) is 0.795. The molecule has 0 bridgehead atoms. The van der Waals surface area contributed by atoms with Crippen molar-refractivity contribution in [1.29, 1.82) is 5.26 Å². The first-order valence-corrected chi connectivity index (χ1v) is 4.71. The Balaban J connectivity index is 3.00. The third-order valence-electron chi connectivity index (χ3n) is 2.18. The molecule has 0 saturated carbocycles. The second-order valence-electron chi connectivity index (χ2n) is 3.34. The third kappa shape index (κ3) is 2.89. The topological polar surface area (TPSA) is 27.0 Å². The van der Waals surface area contributed by atoms with Crippen molar-refractivity contribution in [2.75, 3.05) is 18.5 Å². The van der Waals surface area contributed by atoms with E-state index in [1.165, 1.54) is 17.0 Å². The number of benzene rings is 1. The fourth-order valence-corrected chi connectivity index (χ4v) is 1.38. The van der Waals surface area contributed by atoms with Crippen molar-refractivity contribution >= 4 is 5.69 Å². The second-order valence-corrected chi connectivity index (χ2v) is 3.34. The maximum Gasteiger partial charge on any atom is 0.418 e. The number of hydrogen-bond donors (Lipinski definition) is 0. The molecule has 2 nitrogen and oxygen atoms in total. The number of nitrogens with zero attached hydrogens (tertiary/aromatic N) is 2. The molecule has 1 aromatic rings. The second kappa shape index (κ2) is 4.88. The predicted octanol–water partition coefficient (Wildman–Crippen LogP) is 3.06. The largest absolute Gasteiger partial charge is 0.418 e. The van der Waals surface area contributed by atoms with Crippen LogP contribution in [0.25, 0.3) is 0 Å². The zero-order chi connectivity index (χ0) is 12.2. The number of anilines is 1. The average molecular weight is 228 g/mol. The minimum atomic E-state index is -4.36. The van der Waals surface area contributed by atoms with Crippen LogP contribution in [0.1, 0.15) is 12.0 Å². The fraction of sp³-hybridized carbons (Fsp3) is 0.364. The first kappa shape index (κ1) is 12.4. The van der Waals surface area contributed by atoms with Crippen molar-refractivity contribution in [3.05, 3.63) is 29.8 Å². The van der Waals surface area contributed by atoms with Gasteiger partial charge >= 0.3 is 6.18 Å². The summed E-state index contributed by atoms with van der Waals surface area (Å²) in [5, 5.41) is 8.39. The van der Waals surface area contributed by atoms with E-state index < -0.39 is 11.7 Å². The highest BCUT2D eigenvalue weighted by Crippen LogP contribution is 2.35. The summed E-state index contributed by atoms with van der Waals surface area (Å²) in [7, 11) is 1.54. The summed E-state index contributed by atoms with van der Waals surface area (Å²) in [5.41, 5.74) is -0.569. The van der Waals surface area contributed by atoms with Crippen molar-refractivity contribution in [3.63, 3.8) is 0 Å². The molecule has 0 aromatic heterocycles. The molecule has 5 heteroatoms. The van der Waals surface area contributed by atoms with Crippen LogP contribution in [0.3, 0.4) is 0 Å². The van der Waals surface area contributed by atoms with E-state index in [0.29, 0.717) is 0 Å². The lowest BCUT2D eigenvalue weighted by Crippen LogP contribution is -2.22. The van der Waals surface area contributed by atoms with Crippen molar-refractivity contribution < 1.29 is 13.2 Å². The van der Waals surface area contributed by atoms with Gasteiger partial charge in [-0.1, -0.05) is 12.1 Å². The molecule has 0 heterocycles. The highest BCUT2D eigenvalue weighted by atomic mass is 19.4. The molecule has 1 rings (SSSR count). The SMILES string of the molecule is CN(CCC#N)c1ccccc1C(F)(F)F. The molecular weight excluding hydrogens is 217 g/mol. The number of nitriles is 1. The van der Waals surface area contributed by atoms with Gasteiger partial charge in [-0.2, -0.15) is 18.4 Å². The van der Waals surface area contributed by atoms with Crippen LogP contribution in [0, 0.1) is 11.3 Å². The Morgan fingerprint density at radius 1 is 1.31 bits per heavy atom. The van der Waals surface area contributed by atoms with Gasteiger partial charge in [-0.15, -0.1) is 0 Å². The van der Waals surface area contributed by atoms with Gasteiger partial charge in [0.2, 0.25) is 0 Å². The first-order chi connectivity index (χ1) is 7.46. The lowest BCUT2D eigenvalue weighted by Gasteiger charge is -2.22. The number of para-hydroxylation sites is 1. The first-order valence-electron chi connectivity index (χ1n) is 4.71. The van der Waals surface area contributed by atoms with E-state index in [0.717, 1.165) is 6.07 Å². The molecule has 0 aliphatic rings. The van der Waals surface area contributed by atoms with Gasteiger partial charge in [-0.25, -0.2) is 0 Å². The molecule has 0 radical (unpaired) electrons. The summed E-state index contributed by atoms with van der Waals surface area (Å²) in [5.74, 6) is 0. The summed E-state index contributed by atoms with van der Waals surface area (Å²) < 4.78 is 37.9. The van der Waals surface area contributed by atoms with Crippen molar-refractivity contribution in [3.8, 4) is 6.07 Å². The van der Waals surface area contributed by atoms with Gasteiger partial charge in [0.15, 0.2) is 0 Å². The number of hydrogen-bond acceptors (Lipinski definition) is 2. The highest BCUT2D eigenvalue weighted by molar-refractivity contribution is 5.54. The van der Waals surface area contributed by atoms with Crippen LogP contribution < -0.4 is 4.90 Å². The normalized spacial score (nSPS) is 10.9. The maximum atomic E-state index is 12.6. The Morgan fingerprint density at radius 3 is 2.50 bits per heavy atom. The maximum absolute atomic E-state index is 12.6. The molecule has 0 aliphatic carbocycles. The molecule has 0 saturated heterocycles. The van der Waals surface area contributed by atoms with Crippen LogP contribution in [-0.4, -0.2) is 13.6 Å². The third-order valence-corrected chi connectivity index (χ3v) is 2.18. The van der Waals surface area contributed by atoms with E-state index in [2.05, 4.69) is 0 Å². The van der Waals surface area contributed by atoms with Gasteiger partial charge in [0.25, 0.3) is 0 Å². The van der Waals surface area contributed by atoms with E-state index in [1.54, 1.807) is 13.1 Å². The van der Waals surface area contributed by atoms with Crippen molar-refractivity contribution in [1.82, 2.24) is 0 Å². The van der Waals surface area contributed by atoms with Crippen LogP contribution in [0.2, 0.25) is 0 Å². The van der Waals surface area contributed by atoms with E-state index in [-0.39, 0.29) is 18.7 Å². The molecule has 16 heavy (non-hydrogen) atoms. The molecule has 1 aromatic carbocycles. The monoisotopic (exact) mass is 228 g/mol. The minimum Gasteiger partial charge on any atom is -0.373 e. The standard InChI is InChI=1S/C11H11F3N2/c1-16(8-4-7-15)10-6-3-2-5-9(10)11(12,13)14/h2-3,5-6H,4,8H2,1H3. The van der Waals surface area contributed by atoms with Crippen LogP contribution in [0.5, 0.6) is 0 Å². The summed E-state index contributed by atoms with van der Waals surface area (Å²) in [6.45, 7) is 0.281. The van der Waals surface area contributed by atoms with Crippen LogP contribution >= 0.6 is 0 Å². The molecule has 0 unspecified atom stereocenters. The Bertz CT molecular complexity index is 393. The summed E-state index contributed by atoms with van der Waals surface area (Å²) >= 11 is 0. The molecule has 0 amide bonds. The molecule has 0 aliphatic heterocycles. The van der Waals surface area contributed by atoms with Crippen LogP contribution in [0.15, 0.2) is 24.3 Å². The van der Waals surface area contributed by atoms with Crippen LogP contribution in [-0.2, 0) is 6.18 Å². The summed E-state index contributed by atoms with van der Waals surface area (Å²) in [6, 6.07) is 7.25. The average Bonchev–Trinajstić information content (AvgIpc) is 2.24. The smallest absolute Gasteiger partial charge is 0.373 e. The Labute approximate surface area is 91.9 Å². The van der Waals surface area contributed by atoms with E-state index in [4.69, 9.17) is 5.26 Å². The summed E-state index contributed by atoms with van der Waals surface area (Å²) in [4.78, 5) is 1.44. The fourth-order valence-electron chi connectivity index (χ4n) is 1.38. The zero-order valence-electron chi connectivity index (χ0n) is 8.75. The van der Waals surface area contributed by atoms with Gasteiger partial charge in [0.1, 0.15) is 0 Å². The molecule has 0 atom stereocenters. The lowest BCUT2D eigenvalue weighted by molar-refractivity contribution is -0.137. The van der Waals surface area contributed by atoms with Crippen molar-refractivity contribution in [2.45, 2.75) is 12.6 Å². The van der Waals surface area contributed by atoms with Crippen molar-refractivity contribution in [2.24, 2.45) is 0 Å². The van der Waals surface area contributed by atoms with Gasteiger partial charge in [0, 0.05) is 19.3 Å². The Morgan fingerprint density at radius 2 is 1.94 bits per heavy atom. The lowest BCUT2D eigenvalue weighted by atomic mass is 10.1. The highest BCUT2D eigenvalue weighted by Gasteiger charge is 2.33. The van der Waals surface area contributed by atoms with E-state index in [1.807, 2.05) is 6.07 Å². The van der Waals surface area contributed by atoms with Gasteiger partial charge in [-0.3, -0.25) is 0 Å². The number of halogens is 3. The zero-order valence-corrected chi connectivity index (χ0v) is 8.75. The predicted molar refractivity (Wildman–Crippen MR) is 54.9 cm³/mol. The van der Waals surface area contributed by atoms with Gasteiger partial charge in [-0.05, 0) is 12.1 Å². The molecule has 0 fully saturated rings. The Hall–Kier alpha value is -1.70. The number of alkyl halides is 3. The molecule has 0 spiro atoms. The Kier molecular flexibility index (Phi) is 3.78. The summed E-state index contributed by atoms with van der Waals surface area (Å²) in [6.07, 6.45) is -4.17. The van der Waals surface area contributed by atoms with Gasteiger partial charge < -0.3 is 4.90 Å². The van der Waals surface area contributed by atoms with Gasteiger partial charge in [0.05, 0.1) is 18.1 Å². The molecular formula is C11H11F3N2. The molecule has 0 N–H and O–H groups in total.